The van der Waals surface area contributed by atoms with Gasteiger partial charge in [-0.1, -0.05) is 50.1 Å². The fraction of sp³-hybridized carbons (Fsp3) is 0.625. The van der Waals surface area contributed by atoms with Crippen LogP contribution in [0.5, 0.6) is 0 Å². The van der Waals surface area contributed by atoms with E-state index in [-0.39, 0.29) is 0 Å². The molecule has 9 heteroatoms. The zero-order valence-electron chi connectivity index (χ0n) is 19.8. The van der Waals surface area contributed by atoms with Gasteiger partial charge in [0, 0.05) is 25.7 Å². The highest BCUT2D eigenvalue weighted by Gasteiger charge is 2.22. The standard InChI is InChI=1S/C24H39N7O2/c1-19-7-5-6-10-21(19)28-24-30-22(26-13-11-20-8-3-2-4-9-20)29-23(31-24)27-14-16-33-18-17-32-15-12-25/h2-4,8-9,19,21H,5-7,10-18,25H2,1H3,(H3,26,27,28,29,30,31). The van der Waals surface area contributed by atoms with Crippen LogP contribution < -0.4 is 21.7 Å². The molecule has 0 amide bonds. The monoisotopic (exact) mass is 457 g/mol. The molecule has 0 spiro atoms. The van der Waals surface area contributed by atoms with Crippen LogP contribution >= 0.6 is 0 Å². The van der Waals surface area contributed by atoms with Gasteiger partial charge in [-0.15, -0.1) is 0 Å². The Bertz CT molecular complexity index is 794. The molecule has 182 valence electrons. The van der Waals surface area contributed by atoms with E-state index in [1.807, 2.05) is 6.07 Å². The molecule has 0 bridgehead atoms. The van der Waals surface area contributed by atoms with Crippen molar-refractivity contribution in [3.05, 3.63) is 35.9 Å². The molecule has 1 heterocycles. The summed E-state index contributed by atoms with van der Waals surface area (Å²) >= 11 is 0. The summed E-state index contributed by atoms with van der Waals surface area (Å²) in [5.41, 5.74) is 6.68. The number of nitrogens with zero attached hydrogens (tertiary/aromatic N) is 3. The Morgan fingerprint density at radius 2 is 1.52 bits per heavy atom. The second kappa shape index (κ2) is 14.6. The maximum absolute atomic E-state index is 5.58. The maximum atomic E-state index is 5.58. The fourth-order valence-electron chi connectivity index (χ4n) is 3.90. The summed E-state index contributed by atoms with van der Waals surface area (Å²) in [7, 11) is 0. The van der Waals surface area contributed by atoms with Gasteiger partial charge in [-0.3, -0.25) is 0 Å². The third kappa shape index (κ3) is 9.49. The number of rotatable bonds is 15. The van der Waals surface area contributed by atoms with E-state index in [1.165, 1.54) is 24.8 Å². The first kappa shape index (κ1) is 25.1. The lowest BCUT2D eigenvalue weighted by Crippen LogP contribution is -2.31. The summed E-state index contributed by atoms with van der Waals surface area (Å²) in [6.45, 7) is 6.36. The van der Waals surface area contributed by atoms with Gasteiger partial charge in [0.25, 0.3) is 0 Å². The SMILES string of the molecule is CC1CCCCC1Nc1nc(NCCOCCOCCN)nc(NCCc2ccccc2)n1. The van der Waals surface area contributed by atoms with Gasteiger partial charge in [0.05, 0.1) is 26.4 Å². The topological polar surface area (TPSA) is 119 Å². The average Bonchev–Trinajstić information content (AvgIpc) is 2.83. The number of anilines is 3. The van der Waals surface area contributed by atoms with Crippen molar-refractivity contribution >= 4 is 17.8 Å². The van der Waals surface area contributed by atoms with Crippen LogP contribution in [0.4, 0.5) is 17.8 Å². The lowest BCUT2D eigenvalue weighted by Gasteiger charge is -2.29. The minimum atomic E-state index is 0.392. The molecule has 9 nitrogen and oxygen atoms in total. The van der Waals surface area contributed by atoms with E-state index in [4.69, 9.17) is 15.2 Å². The Hall–Kier alpha value is -2.49. The predicted octanol–water partition coefficient (Wildman–Crippen LogP) is 2.92. The number of hydrogen-bond acceptors (Lipinski definition) is 9. The average molecular weight is 458 g/mol. The van der Waals surface area contributed by atoms with E-state index < -0.39 is 0 Å². The minimum absolute atomic E-state index is 0.392. The van der Waals surface area contributed by atoms with Crippen molar-refractivity contribution in [2.75, 3.05) is 62.0 Å². The Labute approximate surface area is 197 Å². The molecule has 3 rings (SSSR count). The quantitative estimate of drug-likeness (QED) is 0.299. The van der Waals surface area contributed by atoms with Gasteiger partial charge in [-0.05, 0) is 30.7 Å². The molecule has 1 aromatic carbocycles. The summed E-state index contributed by atoms with van der Waals surface area (Å²) in [5, 5.41) is 10.2. The molecule has 1 aliphatic rings. The highest BCUT2D eigenvalue weighted by atomic mass is 16.5. The first-order valence-electron chi connectivity index (χ1n) is 12.1. The third-order valence-corrected chi connectivity index (χ3v) is 5.76. The van der Waals surface area contributed by atoms with Crippen LogP contribution in [-0.4, -0.2) is 67.1 Å². The van der Waals surface area contributed by atoms with Crippen molar-refractivity contribution in [1.82, 2.24) is 15.0 Å². The van der Waals surface area contributed by atoms with Gasteiger partial charge < -0.3 is 31.2 Å². The first-order valence-corrected chi connectivity index (χ1v) is 12.1. The number of ether oxygens (including phenoxy) is 2. The largest absolute Gasteiger partial charge is 0.378 e. The minimum Gasteiger partial charge on any atom is -0.378 e. The molecule has 2 unspecified atom stereocenters. The molecule has 2 atom stereocenters. The molecule has 5 N–H and O–H groups in total. The van der Waals surface area contributed by atoms with Crippen LogP contribution in [0.3, 0.4) is 0 Å². The summed E-state index contributed by atoms with van der Waals surface area (Å²) < 4.78 is 10.9. The van der Waals surface area contributed by atoms with Crippen molar-refractivity contribution in [2.24, 2.45) is 11.7 Å². The van der Waals surface area contributed by atoms with Crippen molar-refractivity contribution in [3.63, 3.8) is 0 Å². The zero-order valence-corrected chi connectivity index (χ0v) is 19.8. The molecular weight excluding hydrogens is 418 g/mol. The number of nitrogens with one attached hydrogen (secondary N) is 3. The van der Waals surface area contributed by atoms with Crippen LogP contribution in [0.2, 0.25) is 0 Å². The van der Waals surface area contributed by atoms with Crippen molar-refractivity contribution in [1.29, 1.82) is 0 Å². The second-order valence-electron chi connectivity index (χ2n) is 8.42. The number of benzene rings is 1. The van der Waals surface area contributed by atoms with E-state index in [1.54, 1.807) is 0 Å². The molecule has 0 aliphatic heterocycles. The summed E-state index contributed by atoms with van der Waals surface area (Å²) in [4.78, 5) is 13.8. The van der Waals surface area contributed by atoms with Crippen LogP contribution in [0.15, 0.2) is 30.3 Å². The molecule has 1 aromatic heterocycles. The fourth-order valence-corrected chi connectivity index (χ4v) is 3.90. The Balaban J connectivity index is 1.54. The normalized spacial score (nSPS) is 18.1. The second-order valence-corrected chi connectivity index (χ2v) is 8.42. The summed E-state index contributed by atoms with van der Waals surface area (Å²) in [6.07, 6.45) is 5.83. The van der Waals surface area contributed by atoms with Crippen molar-refractivity contribution in [3.8, 4) is 0 Å². The predicted molar refractivity (Wildman–Crippen MR) is 133 cm³/mol. The molecule has 2 aromatic rings. The van der Waals surface area contributed by atoms with Gasteiger partial charge in [-0.2, -0.15) is 15.0 Å². The lowest BCUT2D eigenvalue weighted by molar-refractivity contribution is 0.0547. The number of aromatic nitrogens is 3. The highest BCUT2D eigenvalue weighted by molar-refractivity contribution is 5.43. The van der Waals surface area contributed by atoms with Crippen LogP contribution in [0.1, 0.15) is 38.2 Å². The molecule has 0 radical (unpaired) electrons. The Morgan fingerprint density at radius 1 is 0.848 bits per heavy atom. The molecule has 0 saturated heterocycles. The van der Waals surface area contributed by atoms with Crippen molar-refractivity contribution < 1.29 is 9.47 Å². The summed E-state index contributed by atoms with van der Waals surface area (Å²) in [6, 6.07) is 10.8. The van der Waals surface area contributed by atoms with Crippen molar-refractivity contribution in [2.45, 2.75) is 45.1 Å². The molecule has 1 fully saturated rings. The van der Waals surface area contributed by atoms with E-state index in [0.29, 0.717) is 69.3 Å². The van der Waals surface area contributed by atoms with E-state index in [9.17, 15) is 0 Å². The summed E-state index contributed by atoms with van der Waals surface area (Å²) in [5.74, 6) is 2.34. The zero-order chi connectivity index (χ0) is 23.1. The number of nitrogens with two attached hydrogens (primary N) is 1. The van der Waals surface area contributed by atoms with E-state index in [0.717, 1.165) is 19.4 Å². The third-order valence-electron chi connectivity index (χ3n) is 5.76. The smallest absolute Gasteiger partial charge is 0.229 e. The van der Waals surface area contributed by atoms with Crippen LogP contribution in [0.25, 0.3) is 0 Å². The molecule has 33 heavy (non-hydrogen) atoms. The lowest BCUT2D eigenvalue weighted by atomic mass is 9.86. The van der Waals surface area contributed by atoms with E-state index >= 15 is 0 Å². The van der Waals surface area contributed by atoms with Crippen LogP contribution in [0, 0.1) is 5.92 Å². The van der Waals surface area contributed by atoms with Gasteiger partial charge in [-0.25, -0.2) is 0 Å². The maximum Gasteiger partial charge on any atom is 0.229 e. The van der Waals surface area contributed by atoms with Crippen LogP contribution in [-0.2, 0) is 15.9 Å². The molecule has 1 saturated carbocycles. The molecular formula is C24H39N7O2. The van der Waals surface area contributed by atoms with Gasteiger partial charge in [0.2, 0.25) is 17.8 Å². The van der Waals surface area contributed by atoms with Gasteiger partial charge in [0.1, 0.15) is 0 Å². The van der Waals surface area contributed by atoms with Gasteiger partial charge >= 0.3 is 0 Å². The highest BCUT2D eigenvalue weighted by Crippen LogP contribution is 2.26. The molecule has 1 aliphatic carbocycles. The number of hydrogen-bond donors (Lipinski definition) is 4. The van der Waals surface area contributed by atoms with E-state index in [2.05, 4.69) is 62.1 Å². The Morgan fingerprint density at radius 3 is 2.24 bits per heavy atom. The first-order chi connectivity index (χ1) is 16.2. The van der Waals surface area contributed by atoms with Gasteiger partial charge in [0.15, 0.2) is 0 Å². The Kier molecular flexibility index (Phi) is 11.1.